The van der Waals surface area contributed by atoms with E-state index in [0.717, 1.165) is 13.2 Å². The van der Waals surface area contributed by atoms with Crippen LogP contribution in [0.3, 0.4) is 0 Å². The fourth-order valence-corrected chi connectivity index (χ4v) is 1.72. The van der Waals surface area contributed by atoms with Gasteiger partial charge in [-0.15, -0.1) is 0 Å². The molecule has 1 atom stereocenters. The van der Waals surface area contributed by atoms with Gasteiger partial charge in [-0.25, -0.2) is 0 Å². The van der Waals surface area contributed by atoms with Crippen LogP contribution < -0.4 is 0 Å². The van der Waals surface area contributed by atoms with Crippen molar-refractivity contribution in [3.63, 3.8) is 0 Å². The molecule has 0 amide bonds. The van der Waals surface area contributed by atoms with Crippen LogP contribution in [0.2, 0.25) is 0 Å². The molecule has 0 bridgehead atoms. The van der Waals surface area contributed by atoms with Gasteiger partial charge in [0.05, 0.1) is 6.61 Å². The second kappa shape index (κ2) is 6.96. The topological polar surface area (TPSA) is 29.5 Å². The molecule has 0 aliphatic carbocycles. The van der Waals surface area contributed by atoms with Crippen LogP contribution in [0, 0.1) is 0 Å². The molecule has 3 heteroatoms. The third-order valence-corrected chi connectivity index (χ3v) is 2.37. The Morgan fingerprint density at radius 3 is 2.29 bits per heavy atom. The summed E-state index contributed by atoms with van der Waals surface area (Å²) >= 11 is 0. The van der Waals surface area contributed by atoms with E-state index >= 15 is 0 Å². The second-order valence-corrected chi connectivity index (χ2v) is 4.08. The van der Waals surface area contributed by atoms with Gasteiger partial charge in [0.15, 0.2) is 0 Å². The molecule has 0 fully saturated rings. The summed E-state index contributed by atoms with van der Waals surface area (Å²) < 4.78 is 5.05. The van der Waals surface area contributed by atoms with Crippen molar-refractivity contribution in [2.45, 2.75) is 46.2 Å². The third-order valence-electron chi connectivity index (χ3n) is 2.37. The summed E-state index contributed by atoms with van der Waals surface area (Å²) in [6, 6.07) is 0.766. The number of carbonyl (C=O) groups is 1. The molecule has 0 heterocycles. The molecule has 1 unspecified atom stereocenters. The second-order valence-electron chi connectivity index (χ2n) is 4.08. The maximum atomic E-state index is 11.0. The van der Waals surface area contributed by atoms with E-state index in [1.54, 1.807) is 14.0 Å². The summed E-state index contributed by atoms with van der Waals surface area (Å²) in [6.45, 7) is 9.64. The molecule has 0 aromatic heterocycles. The SMILES string of the molecule is COCCN(C(C)C)C(C)CC(C)=O. The predicted molar refractivity (Wildman–Crippen MR) is 58.5 cm³/mol. The van der Waals surface area contributed by atoms with Crippen molar-refractivity contribution in [1.29, 1.82) is 0 Å². The molecule has 84 valence electrons. The fraction of sp³-hybridized carbons (Fsp3) is 0.909. The molecule has 0 rings (SSSR count). The van der Waals surface area contributed by atoms with E-state index in [4.69, 9.17) is 4.74 Å². The van der Waals surface area contributed by atoms with Crippen LogP contribution in [0.1, 0.15) is 34.1 Å². The van der Waals surface area contributed by atoms with Gasteiger partial charge in [-0.3, -0.25) is 9.69 Å². The lowest BCUT2D eigenvalue weighted by atomic mass is 10.1. The predicted octanol–water partition coefficient (Wildman–Crippen LogP) is 1.71. The molecule has 14 heavy (non-hydrogen) atoms. The highest BCUT2D eigenvalue weighted by atomic mass is 16.5. The van der Waals surface area contributed by atoms with Gasteiger partial charge < -0.3 is 4.74 Å². The number of ether oxygens (including phenoxy) is 1. The monoisotopic (exact) mass is 201 g/mol. The van der Waals surface area contributed by atoms with E-state index in [9.17, 15) is 4.79 Å². The van der Waals surface area contributed by atoms with E-state index < -0.39 is 0 Å². The normalized spacial score (nSPS) is 13.6. The Hall–Kier alpha value is -0.410. The van der Waals surface area contributed by atoms with Gasteiger partial charge in [-0.05, 0) is 27.7 Å². The van der Waals surface area contributed by atoms with Crippen LogP contribution in [0.5, 0.6) is 0 Å². The highest BCUT2D eigenvalue weighted by Crippen LogP contribution is 2.08. The van der Waals surface area contributed by atoms with Crippen molar-refractivity contribution < 1.29 is 9.53 Å². The molecular formula is C11H23NO2. The van der Waals surface area contributed by atoms with Crippen LogP contribution in [0.25, 0.3) is 0 Å². The van der Waals surface area contributed by atoms with Crippen LogP contribution in [0.15, 0.2) is 0 Å². The minimum absolute atomic E-state index is 0.251. The first kappa shape index (κ1) is 13.6. The Balaban J connectivity index is 4.10. The summed E-state index contributed by atoms with van der Waals surface area (Å²) in [6.07, 6.45) is 0.627. The summed E-state index contributed by atoms with van der Waals surface area (Å²) in [7, 11) is 1.70. The van der Waals surface area contributed by atoms with E-state index in [2.05, 4.69) is 25.7 Å². The Kier molecular flexibility index (Phi) is 6.75. The van der Waals surface area contributed by atoms with Crippen molar-refractivity contribution >= 4 is 5.78 Å². The number of nitrogens with zero attached hydrogens (tertiary/aromatic N) is 1. The lowest BCUT2D eigenvalue weighted by Crippen LogP contribution is -2.41. The van der Waals surface area contributed by atoms with Crippen LogP contribution >= 0.6 is 0 Å². The molecule has 3 nitrogen and oxygen atoms in total. The third kappa shape index (κ3) is 5.35. The standard InChI is InChI=1S/C11H23NO2/c1-9(2)12(6-7-14-5)10(3)8-11(4)13/h9-10H,6-8H2,1-5H3. The first-order chi connectivity index (χ1) is 6.49. The molecular weight excluding hydrogens is 178 g/mol. The molecule has 0 spiro atoms. The summed E-state index contributed by atoms with van der Waals surface area (Å²) in [5.74, 6) is 0.251. The molecule has 0 aromatic rings. The number of rotatable bonds is 7. The van der Waals surface area contributed by atoms with Crippen LogP contribution in [-0.2, 0) is 9.53 Å². The van der Waals surface area contributed by atoms with Gasteiger partial charge in [-0.1, -0.05) is 0 Å². The maximum absolute atomic E-state index is 11.0. The average molecular weight is 201 g/mol. The Labute approximate surface area is 87.4 Å². The van der Waals surface area contributed by atoms with Crippen molar-refractivity contribution in [2.75, 3.05) is 20.3 Å². The molecule has 0 aliphatic heterocycles. The van der Waals surface area contributed by atoms with Crippen molar-refractivity contribution in [3.05, 3.63) is 0 Å². The Morgan fingerprint density at radius 1 is 1.36 bits per heavy atom. The number of carbonyl (C=O) groups excluding carboxylic acids is 1. The molecule has 0 saturated heterocycles. The number of Topliss-reactive ketones (excluding diaryl/α,β-unsaturated/α-hetero) is 1. The lowest BCUT2D eigenvalue weighted by molar-refractivity contribution is -0.118. The largest absolute Gasteiger partial charge is 0.383 e. The van der Waals surface area contributed by atoms with E-state index in [-0.39, 0.29) is 5.78 Å². The first-order valence-corrected chi connectivity index (χ1v) is 5.23. The number of methoxy groups -OCH3 is 1. The van der Waals surface area contributed by atoms with Gasteiger partial charge in [0, 0.05) is 32.2 Å². The number of hydrogen-bond acceptors (Lipinski definition) is 3. The highest BCUT2D eigenvalue weighted by molar-refractivity contribution is 5.76. The highest BCUT2D eigenvalue weighted by Gasteiger charge is 2.17. The van der Waals surface area contributed by atoms with E-state index in [1.165, 1.54) is 0 Å². The Morgan fingerprint density at radius 2 is 1.93 bits per heavy atom. The zero-order valence-corrected chi connectivity index (χ0v) is 10.0. The van der Waals surface area contributed by atoms with Gasteiger partial charge in [0.1, 0.15) is 5.78 Å². The molecule has 0 N–H and O–H groups in total. The number of hydrogen-bond donors (Lipinski definition) is 0. The Bertz CT molecular complexity index is 169. The summed E-state index contributed by atoms with van der Waals surface area (Å²) in [5.41, 5.74) is 0. The lowest BCUT2D eigenvalue weighted by Gasteiger charge is -2.31. The average Bonchev–Trinajstić information content (AvgIpc) is 2.02. The van der Waals surface area contributed by atoms with Crippen molar-refractivity contribution in [3.8, 4) is 0 Å². The molecule has 0 aromatic carbocycles. The zero-order chi connectivity index (χ0) is 11.1. The quantitative estimate of drug-likeness (QED) is 0.628. The minimum atomic E-state index is 0.251. The van der Waals surface area contributed by atoms with Crippen LogP contribution in [0.4, 0.5) is 0 Å². The minimum Gasteiger partial charge on any atom is -0.383 e. The maximum Gasteiger partial charge on any atom is 0.131 e. The number of ketones is 1. The van der Waals surface area contributed by atoms with E-state index in [0.29, 0.717) is 18.5 Å². The van der Waals surface area contributed by atoms with Gasteiger partial charge in [0.2, 0.25) is 0 Å². The summed E-state index contributed by atoms with van der Waals surface area (Å²) in [4.78, 5) is 13.3. The van der Waals surface area contributed by atoms with E-state index in [1.807, 2.05) is 0 Å². The molecule has 0 aliphatic rings. The van der Waals surface area contributed by atoms with Gasteiger partial charge in [-0.2, -0.15) is 0 Å². The van der Waals surface area contributed by atoms with Gasteiger partial charge >= 0.3 is 0 Å². The molecule has 0 radical (unpaired) electrons. The van der Waals surface area contributed by atoms with Crippen molar-refractivity contribution in [2.24, 2.45) is 0 Å². The first-order valence-electron chi connectivity index (χ1n) is 5.23. The van der Waals surface area contributed by atoms with Crippen LogP contribution in [-0.4, -0.2) is 43.0 Å². The van der Waals surface area contributed by atoms with Crippen molar-refractivity contribution in [1.82, 2.24) is 4.90 Å². The van der Waals surface area contributed by atoms with Gasteiger partial charge in [0.25, 0.3) is 0 Å². The molecule has 0 saturated carbocycles. The smallest absolute Gasteiger partial charge is 0.131 e. The zero-order valence-electron chi connectivity index (χ0n) is 10.0. The summed E-state index contributed by atoms with van der Waals surface area (Å²) in [5, 5.41) is 0. The fourth-order valence-electron chi connectivity index (χ4n) is 1.72.